The molecule has 0 aromatic rings. The first-order valence-corrected chi connectivity index (χ1v) is 11.4. The summed E-state index contributed by atoms with van der Waals surface area (Å²) in [7, 11) is 0. The van der Waals surface area contributed by atoms with E-state index in [0.717, 1.165) is 25.7 Å². The van der Waals surface area contributed by atoms with Crippen LogP contribution in [-0.2, 0) is 9.47 Å². The maximum atomic E-state index is 9.99. The predicted octanol–water partition coefficient (Wildman–Crippen LogP) is 6.54. The molecule has 0 amide bonds. The molecule has 0 aromatic carbocycles. The maximum Gasteiger partial charge on any atom is 0.157 e. The van der Waals surface area contributed by atoms with Crippen molar-refractivity contribution in [2.75, 3.05) is 13.2 Å². The fourth-order valence-electron chi connectivity index (χ4n) is 3.50. The first-order chi connectivity index (χ1) is 12.8. The quantitative estimate of drug-likeness (QED) is 0.220. The minimum absolute atomic E-state index is 0.0706. The summed E-state index contributed by atoms with van der Waals surface area (Å²) in [6, 6.07) is 0. The van der Waals surface area contributed by atoms with Gasteiger partial charge in [0.2, 0.25) is 0 Å². The fraction of sp³-hybridized carbons (Fsp3) is 0.913. The molecule has 0 aliphatic carbocycles. The minimum atomic E-state index is -0.187. The van der Waals surface area contributed by atoms with Gasteiger partial charge in [-0.05, 0) is 38.5 Å². The molecule has 1 fully saturated rings. The molecule has 0 saturated carbocycles. The predicted molar refractivity (Wildman–Crippen MR) is 110 cm³/mol. The number of aliphatic hydroxyl groups excluding tert-OH is 1. The Morgan fingerprint density at radius 3 is 1.92 bits per heavy atom. The molecule has 1 aliphatic rings. The van der Waals surface area contributed by atoms with Crippen LogP contribution in [0.1, 0.15) is 110 Å². The van der Waals surface area contributed by atoms with Gasteiger partial charge in [0.25, 0.3) is 0 Å². The molecule has 1 saturated heterocycles. The van der Waals surface area contributed by atoms with Gasteiger partial charge in [0.15, 0.2) is 6.29 Å². The summed E-state index contributed by atoms with van der Waals surface area (Å²) in [5, 5.41) is 9.99. The molecule has 1 N–H and O–H groups in total. The summed E-state index contributed by atoms with van der Waals surface area (Å²) in [6.45, 7) is 3.68. The van der Waals surface area contributed by atoms with Crippen molar-refractivity contribution in [3.05, 3.63) is 12.2 Å². The fourth-order valence-corrected chi connectivity index (χ4v) is 3.50. The van der Waals surface area contributed by atoms with Gasteiger partial charge in [0.05, 0.1) is 19.3 Å². The van der Waals surface area contributed by atoms with Gasteiger partial charge >= 0.3 is 0 Å². The van der Waals surface area contributed by atoms with Gasteiger partial charge in [0.1, 0.15) is 0 Å². The summed E-state index contributed by atoms with van der Waals surface area (Å²) in [5.74, 6) is 0. The largest absolute Gasteiger partial charge is 0.393 e. The molecule has 0 spiro atoms. The van der Waals surface area contributed by atoms with Crippen molar-refractivity contribution in [3.8, 4) is 0 Å². The Morgan fingerprint density at radius 1 is 0.769 bits per heavy atom. The summed E-state index contributed by atoms with van der Waals surface area (Å²) >= 11 is 0. The van der Waals surface area contributed by atoms with Gasteiger partial charge in [-0.3, -0.25) is 0 Å². The highest BCUT2D eigenvalue weighted by Gasteiger charge is 2.17. The van der Waals surface area contributed by atoms with E-state index in [1.165, 1.54) is 77.0 Å². The number of aliphatic hydroxyl groups is 1. The molecule has 1 atom stereocenters. The van der Waals surface area contributed by atoms with Crippen molar-refractivity contribution in [3.63, 3.8) is 0 Å². The lowest BCUT2D eigenvalue weighted by molar-refractivity contribution is -0.0544. The van der Waals surface area contributed by atoms with Gasteiger partial charge in [-0.2, -0.15) is 0 Å². The van der Waals surface area contributed by atoms with Crippen molar-refractivity contribution in [1.82, 2.24) is 0 Å². The second kappa shape index (κ2) is 18.0. The van der Waals surface area contributed by atoms with E-state index >= 15 is 0 Å². The van der Waals surface area contributed by atoms with Crippen LogP contribution in [-0.4, -0.2) is 30.7 Å². The number of allylic oxidation sites excluding steroid dienone is 2. The van der Waals surface area contributed by atoms with Gasteiger partial charge in [-0.1, -0.05) is 76.9 Å². The van der Waals surface area contributed by atoms with Crippen molar-refractivity contribution in [2.24, 2.45) is 0 Å². The first kappa shape index (κ1) is 23.7. The smallest absolute Gasteiger partial charge is 0.157 e. The van der Waals surface area contributed by atoms with Crippen LogP contribution >= 0.6 is 0 Å². The third-order valence-electron chi connectivity index (χ3n) is 5.23. The van der Waals surface area contributed by atoms with Crippen LogP contribution < -0.4 is 0 Å². The number of hydrogen-bond donors (Lipinski definition) is 1. The molecule has 3 nitrogen and oxygen atoms in total. The molecule has 3 heteroatoms. The molecule has 26 heavy (non-hydrogen) atoms. The van der Waals surface area contributed by atoms with E-state index in [0.29, 0.717) is 13.2 Å². The average Bonchev–Trinajstić information content (AvgIpc) is 3.17. The summed E-state index contributed by atoms with van der Waals surface area (Å²) in [4.78, 5) is 0. The molecule has 0 aromatic heterocycles. The zero-order valence-electron chi connectivity index (χ0n) is 17.3. The number of hydrogen-bond acceptors (Lipinski definition) is 3. The Bertz CT molecular complexity index is 311. The van der Waals surface area contributed by atoms with E-state index in [1.807, 2.05) is 0 Å². The second-order valence-corrected chi connectivity index (χ2v) is 7.78. The zero-order chi connectivity index (χ0) is 18.7. The van der Waals surface area contributed by atoms with Crippen LogP contribution in [0.3, 0.4) is 0 Å². The van der Waals surface area contributed by atoms with Crippen LogP contribution in [0.5, 0.6) is 0 Å². The number of unbranched alkanes of at least 4 members (excludes halogenated alkanes) is 11. The zero-order valence-corrected chi connectivity index (χ0v) is 17.3. The molecular weight excluding hydrogens is 324 g/mol. The Hall–Kier alpha value is -0.380. The lowest BCUT2D eigenvalue weighted by atomic mass is 10.0. The monoisotopic (exact) mass is 368 g/mol. The number of rotatable bonds is 18. The molecule has 0 radical (unpaired) electrons. The van der Waals surface area contributed by atoms with Crippen molar-refractivity contribution >= 4 is 0 Å². The molecule has 1 heterocycles. The Morgan fingerprint density at radius 2 is 1.31 bits per heavy atom. The minimum Gasteiger partial charge on any atom is -0.393 e. The van der Waals surface area contributed by atoms with Crippen molar-refractivity contribution in [1.29, 1.82) is 0 Å². The number of ether oxygens (including phenoxy) is 2. The Labute approximate surface area is 162 Å². The normalized spacial score (nSPS) is 16.7. The van der Waals surface area contributed by atoms with E-state index in [9.17, 15) is 5.11 Å². The van der Waals surface area contributed by atoms with E-state index in [-0.39, 0.29) is 12.4 Å². The molecule has 1 aliphatic heterocycles. The SMILES string of the molecule is CCCCCCCCC=CCCCCCCCC(O)CCC1OCCO1. The van der Waals surface area contributed by atoms with Crippen LogP contribution in [0, 0.1) is 0 Å². The van der Waals surface area contributed by atoms with E-state index in [4.69, 9.17) is 9.47 Å². The van der Waals surface area contributed by atoms with Crippen molar-refractivity contribution in [2.45, 2.75) is 122 Å². The summed E-state index contributed by atoms with van der Waals surface area (Å²) in [5.41, 5.74) is 0. The summed E-state index contributed by atoms with van der Waals surface area (Å²) in [6.07, 6.45) is 24.2. The summed E-state index contributed by atoms with van der Waals surface area (Å²) < 4.78 is 10.8. The standard InChI is InChI=1S/C23H44O3/c1-2-3-4-5-6-7-8-9-10-11-12-13-14-15-16-17-22(24)18-19-23-25-20-21-26-23/h9-10,22-24H,2-8,11-21H2,1H3. The van der Waals surface area contributed by atoms with Gasteiger partial charge in [-0.25, -0.2) is 0 Å². The Kier molecular flexibility index (Phi) is 16.4. The highest BCUT2D eigenvalue weighted by Crippen LogP contribution is 2.16. The van der Waals surface area contributed by atoms with Crippen LogP contribution in [0.2, 0.25) is 0 Å². The van der Waals surface area contributed by atoms with Gasteiger partial charge in [0, 0.05) is 6.42 Å². The molecular formula is C23H44O3. The highest BCUT2D eigenvalue weighted by atomic mass is 16.7. The van der Waals surface area contributed by atoms with Gasteiger partial charge < -0.3 is 14.6 Å². The molecule has 0 bridgehead atoms. The van der Waals surface area contributed by atoms with Crippen LogP contribution in [0.25, 0.3) is 0 Å². The van der Waals surface area contributed by atoms with E-state index < -0.39 is 0 Å². The molecule has 154 valence electrons. The third kappa shape index (κ3) is 14.8. The Balaban J connectivity index is 1.75. The van der Waals surface area contributed by atoms with Crippen LogP contribution in [0.4, 0.5) is 0 Å². The topological polar surface area (TPSA) is 38.7 Å². The second-order valence-electron chi connectivity index (χ2n) is 7.78. The van der Waals surface area contributed by atoms with Crippen LogP contribution in [0.15, 0.2) is 12.2 Å². The lowest BCUT2D eigenvalue weighted by Gasteiger charge is -2.13. The molecule has 1 unspecified atom stereocenters. The van der Waals surface area contributed by atoms with Gasteiger partial charge in [-0.15, -0.1) is 0 Å². The molecule has 1 rings (SSSR count). The first-order valence-electron chi connectivity index (χ1n) is 11.4. The average molecular weight is 369 g/mol. The van der Waals surface area contributed by atoms with Crippen molar-refractivity contribution < 1.29 is 14.6 Å². The highest BCUT2D eigenvalue weighted by molar-refractivity contribution is 4.81. The van der Waals surface area contributed by atoms with E-state index in [1.54, 1.807) is 0 Å². The third-order valence-corrected chi connectivity index (χ3v) is 5.23. The lowest BCUT2D eigenvalue weighted by Crippen LogP contribution is -2.13. The van der Waals surface area contributed by atoms with E-state index in [2.05, 4.69) is 19.1 Å². The maximum absolute atomic E-state index is 9.99.